The average molecular weight is 371 g/mol. The van der Waals surface area contributed by atoms with Gasteiger partial charge in [-0.25, -0.2) is 13.2 Å². The van der Waals surface area contributed by atoms with E-state index in [2.05, 4.69) is 0 Å². The maximum atomic E-state index is 13.2. The van der Waals surface area contributed by atoms with Crippen LogP contribution in [-0.4, -0.2) is 31.8 Å². The smallest absolute Gasteiger partial charge is 0.335 e. The van der Waals surface area contributed by atoms with Crippen LogP contribution >= 0.6 is 0 Å². The molecule has 0 saturated carbocycles. The van der Waals surface area contributed by atoms with Crippen LogP contribution in [0.4, 0.5) is 0 Å². The maximum Gasteiger partial charge on any atom is 0.335 e. The van der Waals surface area contributed by atoms with Gasteiger partial charge in [0, 0.05) is 12.1 Å². The van der Waals surface area contributed by atoms with Gasteiger partial charge >= 0.3 is 5.97 Å². The number of carbonyl (C=O) groups excluding carboxylic acids is 1. The number of rotatable bonds is 5. The molecule has 0 radical (unpaired) electrons. The second-order valence-corrected chi connectivity index (χ2v) is 7.87. The Morgan fingerprint density at radius 2 is 1.69 bits per heavy atom. The predicted molar refractivity (Wildman–Crippen MR) is 98.8 cm³/mol. The Morgan fingerprint density at radius 3 is 2.31 bits per heavy atom. The lowest BCUT2D eigenvalue weighted by atomic mass is 9.98. The summed E-state index contributed by atoms with van der Waals surface area (Å²) in [4.78, 5) is 12.4. The number of carbonyl (C=O) groups is 1. The van der Waals surface area contributed by atoms with Crippen molar-refractivity contribution >= 4 is 16.0 Å². The van der Waals surface area contributed by atoms with Gasteiger partial charge in [0.15, 0.2) is 0 Å². The Kier molecular flexibility index (Phi) is 5.54. The van der Waals surface area contributed by atoms with Gasteiger partial charge < -0.3 is 4.74 Å². The van der Waals surface area contributed by atoms with Crippen molar-refractivity contribution in [3.8, 4) is 0 Å². The molecule has 0 unspecified atom stereocenters. The molecule has 5 nitrogen and oxygen atoms in total. The molecule has 0 N–H and O–H groups in total. The summed E-state index contributed by atoms with van der Waals surface area (Å²) < 4.78 is 32.9. The van der Waals surface area contributed by atoms with E-state index >= 15 is 0 Å². The third-order valence-electron chi connectivity index (χ3n) is 4.33. The van der Waals surface area contributed by atoms with Crippen molar-refractivity contribution in [1.29, 1.82) is 0 Å². The molecule has 0 aromatic heterocycles. The molecule has 1 atom stereocenters. The normalized spacial score (nSPS) is 18.2. The van der Waals surface area contributed by atoms with Crippen LogP contribution in [0, 0.1) is 0 Å². The SMILES string of the molecule is CCOC(=O)C1=CC[C@H](c2ccccc2)N(S(=O)(=O)c2ccccc2)C1. The van der Waals surface area contributed by atoms with E-state index in [4.69, 9.17) is 4.74 Å². The van der Waals surface area contributed by atoms with Gasteiger partial charge in [0.25, 0.3) is 0 Å². The van der Waals surface area contributed by atoms with Crippen LogP contribution in [0.15, 0.2) is 77.2 Å². The summed E-state index contributed by atoms with van der Waals surface area (Å²) in [5.74, 6) is -0.465. The molecule has 0 bridgehead atoms. The first kappa shape index (κ1) is 18.4. The molecular formula is C20H21NO4S. The van der Waals surface area contributed by atoms with Crippen molar-refractivity contribution in [3.05, 3.63) is 77.9 Å². The zero-order valence-corrected chi connectivity index (χ0v) is 15.4. The van der Waals surface area contributed by atoms with Crippen LogP contribution < -0.4 is 0 Å². The second-order valence-electron chi connectivity index (χ2n) is 5.98. The summed E-state index contributed by atoms with van der Waals surface area (Å²) in [6.45, 7) is 1.98. The van der Waals surface area contributed by atoms with Gasteiger partial charge in [-0.1, -0.05) is 54.6 Å². The van der Waals surface area contributed by atoms with E-state index in [1.807, 2.05) is 30.3 Å². The van der Waals surface area contributed by atoms with E-state index in [0.717, 1.165) is 5.56 Å². The quantitative estimate of drug-likeness (QED) is 0.757. The fourth-order valence-electron chi connectivity index (χ4n) is 3.04. The van der Waals surface area contributed by atoms with Crippen LogP contribution in [0.1, 0.15) is 24.9 Å². The van der Waals surface area contributed by atoms with Crippen molar-refractivity contribution in [2.75, 3.05) is 13.2 Å². The topological polar surface area (TPSA) is 63.7 Å². The molecule has 2 aromatic rings. The molecule has 1 aliphatic heterocycles. The van der Waals surface area contributed by atoms with Gasteiger partial charge in [-0.3, -0.25) is 0 Å². The third-order valence-corrected chi connectivity index (χ3v) is 6.20. The van der Waals surface area contributed by atoms with Gasteiger partial charge in [-0.2, -0.15) is 4.31 Å². The van der Waals surface area contributed by atoms with Crippen molar-refractivity contribution in [2.45, 2.75) is 24.3 Å². The molecule has 3 rings (SSSR count). The number of nitrogens with zero attached hydrogens (tertiary/aromatic N) is 1. The zero-order chi connectivity index (χ0) is 18.6. The summed E-state index contributed by atoms with van der Waals surface area (Å²) in [6, 6.07) is 17.4. The van der Waals surface area contributed by atoms with E-state index in [-0.39, 0.29) is 24.1 Å². The predicted octanol–water partition coefficient (Wildman–Crippen LogP) is 3.31. The lowest BCUT2D eigenvalue weighted by Gasteiger charge is -2.34. The van der Waals surface area contributed by atoms with Crippen LogP contribution in [0.2, 0.25) is 0 Å². The first-order valence-corrected chi connectivity index (χ1v) is 9.96. The van der Waals surface area contributed by atoms with Crippen molar-refractivity contribution in [3.63, 3.8) is 0 Å². The van der Waals surface area contributed by atoms with E-state index in [1.165, 1.54) is 4.31 Å². The largest absolute Gasteiger partial charge is 0.463 e. The summed E-state index contributed by atoms with van der Waals surface area (Å²) in [5, 5.41) is 0. The lowest BCUT2D eigenvalue weighted by molar-refractivity contribution is -0.138. The Bertz CT molecular complexity index is 892. The molecule has 6 heteroatoms. The third kappa shape index (κ3) is 3.71. The van der Waals surface area contributed by atoms with Gasteiger partial charge in [0.1, 0.15) is 0 Å². The fraction of sp³-hybridized carbons (Fsp3) is 0.250. The highest BCUT2D eigenvalue weighted by Gasteiger charge is 2.36. The number of ether oxygens (including phenoxy) is 1. The molecule has 136 valence electrons. The zero-order valence-electron chi connectivity index (χ0n) is 14.5. The number of hydrogen-bond acceptors (Lipinski definition) is 4. The molecular weight excluding hydrogens is 350 g/mol. The summed E-state index contributed by atoms with van der Waals surface area (Å²) >= 11 is 0. The first-order chi connectivity index (χ1) is 12.5. The second kappa shape index (κ2) is 7.85. The van der Waals surface area contributed by atoms with Gasteiger partial charge in [-0.15, -0.1) is 0 Å². The first-order valence-electron chi connectivity index (χ1n) is 8.52. The number of sulfonamides is 1. The molecule has 0 aliphatic carbocycles. The Balaban J connectivity index is 2.02. The van der Waals surface area contributed by atoms with Crippen molar-refractivity contribution < 1.29 is 17.9 Å². The minimum Gasteiger partial charge on any atom is -0.463 e. The van der Waals surface area contributed by atoms with Crippen LogP contribution in [0.3, 0.4) is 0 Å². The molecule has 0 amide bonds. The molecule has 0 saturated heterocycles. The van der Waals surface area contributed by atoms with Gasteiger partial charge in [0.05, 0.1) is 17.5 Å². The van der Waals surface area contributed by atoms with Gasteiger partial charge in [0.2, 0.25) is 10.0 Å². The molecule has 2 aromatic carbocycles. The number of benzene rings is 2. The highest BCUT2D eigenvalue weighted by molar-refractivity contribution is 7.89. The number of hydrogen-bond donors (Lipinski definition) is 0. The summed E-state index contributed by atoms with van der Waals surface area (Å²) in [6.07, 6.45) is 2.21. The van der Waals surface area contributed by atoms with E-state index in [1.54, 1.807) is 43.3 Å². The van der Waals surface area contributed by atoms with Gasteiger partial charge in [-0.05, 0) is 31.0 Å². The number of esters is 1. The fourth-order valence-corrected chi connectivity index (χ4v) is 4.67. The van der Waals surface area contributed by atoms with Crippen LogP contribution in [-0.2, 0) is 19.6 Å². The Labute approximate surface area is 154 Å². The molecule has 26 heavy (non-hydrogen) atoms. The van der Waals surface area contributed by atoms with Crippen LogP contribution in [0.25, 0.3) is 0 Å². The molecule has 1 aliphatic rings. The molecule has 1 heterocycles. The molecule has 0 spiro atoms. The standard InChI is InChI=1S/C20H21NO4S/c1-2-25-20(22)17-13-14-19(16-9-5-3-6-10-16)21(15-17)26(23,24)18-11-7-4-8-12-18/h3-13,19H,2,14-15H2,1H3/t19-/m1/s1. The monoisotopic (exact) mass is 371 g/mol. The highest BCUT2D eigenvalue weighted by atomic mass is 32.2. The van der Waals surface area contributed by atoms with E-state index in [9.17, 15) is 13.2 Å². The highest BCUT2D eigenvalue weighted by Crippen LogP contribution is 2.35. The minimum absolute atomic E-state index is 0.00434. The Hall–Kier alpha value is -2.44. The average Bonchev–Trinajstić information content (AvgIpc) is 2.69. The van der Waals surface area contributed by atoms with E-state index < -0.39 is 16.0 Å². The lowest BCUT2D eigenvalue weighted by Crippen LogP contribution is -2.40. The molecule has 0 fully saturated rings. The summed E-state index contributed by atoms with van der Waals surface area (Å²) in [7, 11) is -3.76. The van der Waals surface area contributed by atoms with Crippen molar-refractivity contribution in [2.24, 2.45) is 0 Å². The maximum absolute atomic E-state index is 13.2. The minimum atomic E-state index is -3.76. The summed E-state index contributed by atoms with van der Waals surface area (Å²) in [5.41, 5.74) is 1.27. The van der Waals surface area contributed by atoms with Crippen LogP contribution in [0.5, 0.6) is 0 Å². The van der Waals surface area contributed by atoms with E-state index in [0.29, 0.717) is 12.0 Å². The van der Waals surface area contributed by atoms with Crippen molar-refractivity contribution in [1.82, 2.24) is 4.31 Å². The Morgan fingerprint density at radius 1 is 1.08 bits per heavy atom.